The lowest BCUT2D eigenvalue weighted by Crippen LogP contribution is -2.21. The molecule has 0 amide bonds. The SMILES string of the molecule is COC(=O)/C=C/c1cnc2c(c1)oc(=O)n2CC(=O)OC. The lowest BCUT2D eigenvalue weighted by molar-refractivity contribution is -0.141. The molecule has 8 heteroatoms. The molecule has 21 heavy (non-hydrogen) atoms. The van der Waals surface area contributed by atoms with Crippen molar-refractivity contribution in [2.24, 2.45) is 0 Å². The predicted molar refractivity (Wildman–Crippen MR) is 71.3 cm³/mol. The number of hydrogen-bond donors (Lipinski definition) is 0. The quantitative estimate of drug-likeness (QED) is 0.592. The Labute approximate surface area is 118 Å². The zero-order valence-electron chi connectivity index (χ0n) is 11.4. The van der Waals surface area contributed by atoms with Crippen LogP contribution in [-0.4, -0.2) is 35.7 Å². The number of ether oxygens (including phenoxy) is 2. The number of esters is 2. The highest BCUT2D eigenvalue weighted by atomic mass is 16.5. The van der Waals surface area contributed by atoms with Crippen molar-refractivity contribution in [2.75, 3.05) is 14.2 Å². The number of carbonyl (C=O) groups excluding carboxylic acids is 2. The Bertz CT molecular complexity index is 771. The number of methoxy groups -OCH3 is 2. The molecule has 0 spiro atoms. The fourth-order valence-electron chi connectivity index (χ4n) is 1.62. The van der Waals surface area contributed by atoms with Crippen LogP contribution in [0.15, 0.2) is 27.6 Å². The van der Waals surface area contributed by atoms with Gasteiger partial charge in [0.15, 0.2) is 11.2 Å². The van der Waals surface area contributed by atoms with E-state index in [0.717, 1.165) is 4.57 Å². The summed E-state index contributed by atoms with van der Waals surface area (Å²) in [7, 11) is 2.48. The maximum absolute atomic E-state index is 11.7. The summed E-state index contributed by atoms with van der Waals surface area (Å²) in [6.45, 7) is -0.285. The number of aromatic nitrogens is 2. The Morgan fingerprint density at radius 1 is 1.38 bits per heavy atom. The highest BCUT2D eigenvalue weighted by Gasteiger charge is 2.14. The fourth-order valence-corrected chi connectivity index (χ4v) is 1.62. The molecule has 0 fully saturated rings. The van der Waals surface area contributed by atoms with Crippen molar-refractivity contribution in [3.63, 3.8) is 0 Å². The van der Waals surface area contributed by atoms with Crippen LogP contribution in [0.1, 0.15) is 5.56 Å². The number of carbonyl (C=O) groups is 2. The van der Waals surface area contributed by atoms with E-state index < -0.39 is 17.7 Å². The van der Waals surface area contributed by atoms with E-state index in [0.29, 0.717) is 5.56 Å². The van der Waals surface area contributed by atoms with Crippen LogP contribution in [0.2, 0.25) is 0 Å². The second kappa shape index (κ2) is 6.04. The molecule has 0 saturated carbocycles. The molecule has 0 aliphatic heterocycles. The maximum atomic E-state index is 11.7. The van der Waals surface area contributed by atoms with E-state index in [-0.39, 0.29) is 17.8 Å². The highest BCUT2D eigenvalue weighted by Crippen LogP contribution is 2.13. The summed E-state index contributed by atoms with van der Waals surface area (Å²) >= 11 is 0. The molecule has 0 aromatic carbocycles. The van der Waals surface area contributed by atoms with E-state index >= 15 is 0 Å². The van der Waals surface area contributed by atoms with Crippen LogP contribution in [0.5, 0.6) is 0 Å². The second-order valence-corrected chi connectivity index (χ2v) is 3.98. The van der Waals surface area contributed by atoms with E-state index in [1.165, 1.54) is 38.6 Å². The van der Waals surface area contributed by atoms with Gasteiger partial charge in [-0.2, -0.15) is 0 Å². The fraction of sp³-hybridized carbons (Fsp3) is 0.231. The van der Waals surface area contributed by atoms with Gasteiger partial charge in [-0.15, -0.1) is 0 Å². The van der Waals surface area contributed by atoms with Gasteiger partial charge in [0, 0.05) is 12.3 Å². The monoisotopic (exact) mass is 292 g/mol. The molecule has 110 valence electrons. The molecule has 0 aliphatic rings. The third-order valence-corrected chi connectivity index (χ3v) is 2.66. The summed E-state index contributed by atoms with van der Waals surface area (Å²) < 4.78 is 15.0. The van der Waals surface area contributed by atoms with Crippen LogP contribution < -0.4 is 5.76 Å². The predicted octanol–water partition coefficient (Wildman–Crippen LogP) is 0.349. The zero-order valence-corrected chi connectivity index (χ0v) is 11.4. The van der Waals surface area contributed by atoms with E-state index in [1.54, 1.807) is 0 Å². The molecule has 0 saturated heterocycles. The van der Waals surface area contributed by atoms with Crippen LogP contribution >= 0.6 is 0 Å². The summed E-state index contributed by atoms with van der Waals surface area (Å²) in [6.07, 6.45) is 4.12. The second-order valence-electron chi connectivity index (χ2n) is 3.98. The number of hydrogen-bond acceptors (Lipinski definition) is 7. The average molecular weight is 292 g/mol. The molecule has 2 aromatic rings. The summed E-state index contributed by atoms with van der Waals surface area (Å²) in [5.41, 5.74) is 0.975. The van der Waals surface area contributed by atoms with Crippen molar-refractivity contribution >= 4 is 29.2 Å². The smallest absolute Gasteiger partial charge is 0.421 e. The largest absolute Gasteiger partial charge is 0.468 e. The Morgan fingerprint density at radius 2 is 2.14 bits per heavy atom. The topological polar surface area (TPSA) is 101 Å². The van der Waals surface area contributed by atoms with Crippen molar-refractivity contribution in [1.82, 2.24) is 9.55 Å². The minimum Gasteiger partial charge on any atom is -0.468 e. The molecular formula is C13H12N2O6. The molecule has 0 N–H and O–H groups in total. The van der Waals surface area contributed by atoms with Crippen molar-refractivity contribution in [1.29, 1.82) is 0 Å². The Kier molecular flexibility index (Phi) is 4.17. The first kappa shape index (κ1) is 14.5. The molecule has 0 radical (unpaired) electrons. The van der Waals surface area contributed by atoms with Gasteiger partial charge in [-0.05, 0) is 17.7 Å². The van der Waals surface area contributed by atoms with Gasteiger partial charge in [0.05, 0.1) is 14.2 Å². The van der Waals surface area contributed by atoms with Crippen LogP contribution in [0, 0.1) is 0 Å². The Hall–Kier alpha value is -2.90. The van der Waals surface area contributed by atoms with Gasteiger partial charge in [0.2, 0.25) is 0 Å². The third-order valence-electron chi connectivity index (χ3n) is 2.66. The maximum Gasteiger partial charge on any atom is 0.421 e. The Morgan fingerprint density at radius 3 is 2.81 bits per heavy atom. The van der Waals surface area contributed by atoms with Gasteiger partial charge >= 0.3 is 17.7 Å². The lowest BCUT2D eigenvalue weighted by Gasteiger charge is -1.99. The number of rotatable bonds is 4. The van der Waals surface area contributed by atoms with Crippen LogP contribution in [0.25, 0.3) is 17.3 Å². The number of nitrogens with zero attached hydrogens (tertiary/aromatic N) is 2. The highest BCUT2D eigenvalue weighted by molar-refractivity contribution is 5.87. The number of fused-ring (bicyclic) bond motifs is 1. The minimum atomic E-state index is -0.711. The molecule has 2 rings (SSSR count). The van der Waals surface area contributed by atoms with Crippen LogP contribution in [0.4, 0.5) is 0 Å². The van der Waals surface area contributed by atoms with Crippen molar-refractivity contribution in [3.05, 3.63) is 34.5 Å². The molecule has 2 heterocycles. The average Bonchev–Trinajstić information content (AvgIpc) is 2.79. The van der Waals surface area contributed by atoms with Gasteiger partial charge in [0.25, 0.3) is 0 Å². The van der Waals surface area contributed by atoms with Gasteiger partial charge in [-0.25, -0.2) is 19.1 Å². The summed E-state index contributed by atoms with van der Waals surface area (Å²) in [4.78, 5) is 38.0. The lowest BCUT2D eigenvalue weighted by atomic mass is 10.2. The summed E-state index contributed by atoms with van der Waals surface area (Å²) in [6, 6.07) is 1.52. The van der Waals surface area contributed by atoms with Gasteiger partial charge in [-0.1, -0.05) is 0 Å². The number of oxazole rings is 1. The molecule has 8 nitrogen and oxygen atoms in total. The molecule has 0 aliphatic carbocycles. The van der Waals surface area contributed by atoms with Crippen LogP contribution in [-0.2, 0) is 25.6 Å². The first-order chi connectivity index (χ1) is 10.0. The Balaban J connectivity index is 2.38. The van der Waals surface area contributed by atoms with Crippen molar-refractivity contribution in [3.8, 4) is 0 Å². The molecule has 0 atom stereocenters. The minimum absolute atomic E-state index is 0.205. The molecule has 0 unspecified atom stereocenters. The first-order valence-corrected chi connectivity index (χ1v) is 5.87. The van der Waals surface area contributed by atoms with Crippen molar-refractivity contribution in [2.45, 2.75) is 6.54 Å². The van der Waals surface area contributed by atoms with Gasteiger partial charge in [-0.3, -0.25) is 4.79 Å². The standard InChI is InChI=1S/C13H12N2O6/c1-19-10(16)4-3-8-5-9-12(14-6-8)15(13(18)21-9)7-11(17)20-2/h3-6H,7H2,1-2H3/b4-3+. The first-order valence-electron chi connectivity index (χ1n) is 5.87. The third kappa shape index (κ3) is 3.16. The van der Waals surface area contributed by atoms with E-state index in [2.05, 4.69) is 14.5 Å². The van der Waals surface area contributed by atoms with Crippen molar-refractivity contribution < 1.29 is 23.5 Å². The summed E-state index contributed by atoms with van der Waals surface area (Å²) in [5.74, 6) is -1.81. The normalized spacial score (nSPS) is 11.0. The molecule has 2 aromatic heterocycles. The van der Waals surface area contributed by atoms with E-state index in [9.17, 15) is 14.4 Å². The summed E-state index contributed by atoms with van der Waals surface area (Å²) in [5, 5.41) is 0. The number of pyridine rings is 1. The zero-order chi connectivity index (χ0) is 15.4. The van der Waals surface area contributed by atoms with Crippen LogP contribution in [0.3, 0.4) is 0 Å². The van der Waals surface area contributed by atoms with E-state index in [1.807, 2.05) is 0 Å². The van der Waals surface area contributed by atoms with Gasteiger partial charge < -0.3 is 13.9 Å². The van der Waals surface area contributed by atoms with E-state index in [4.69, 9.17) is 4.42 Å². The molecular weight excluding hydrogens is 280 g/mol. The van der Waals surface area contributed by atoms with Gasteiger partial charge in [0.1, 0.15) is 6.54 Å². The molecule has 0 bridgehead atoms.